The Morgan fingerprint density at radius 3 is 2.59 bits per heavy atom. The van der Waals surface area contributed by atoms with Crippen LogP contribution in [0.15, 0.2) is 59.3 Å². The molecule has 0 fully saturated rings. The minimum absolute atomic E-state index is 0.0747. The van der Waals surface area contributed by atoms with Gasteiger partial charge in [0.2, 0.25) is 5.69 Å². The van der Waals surface area contributed by atoms with Crippen molar-refractivity contribution in [3.05, 3.63) is 82.8 Å². The van der Waals surface area contributed by atoms with Crippen molar-refractivity contribution in [2.75, 3.05) is 0 Å². The molecule has 0 amide bonds. The second-order valence-corrected chi connectivity index (χ2v) is 9.35. The number of nitrogens with zero attached hydrogens (tertiary/aromatic N) is 2. The molecule has 0 atom stereocenters. The van der Waals surface area contributed by atoms with Crippen LogP contribution in [0.25, 0.3) is 44.3 Å². The number of benzene rings is 2. The molecule has 0 aliphatic heterocycles. The average Bonchev–Trinajstić information content (AvgIpc) is 3.41. The van der Waals surface area contributed by atoms with Gasteiger partial charge in [-0.1, -0.05) is 63.9 Å². The molecule has 0 spiro atoms. The van der Waals surface area contributed by atoms with Gasteiger partial charge in [0, 0.05) is 53.3 Å². The summed E-state index contributed by atoms with van der Waals surface area (Å²) in [6, 6.07) is 12.1. The fraction of sp³-hybridized carbons (Fsp3) is 0.290. The summed E-state index contributed by atoms with van der Waals surface area (Å²) in [5.41, 5.74) is 1.84. The van der Waals surface area contributed by atoms with Crippen LogP contribution in [0.2, 0.25) is 0 Å². The van der Waals surface area contributed by atoms with E-state index in [1.54, 1.807) is 49.7 Å². The highest BCUT2D eigenvalue weighted by Gasteiger charge is 2.39. The fourth-order valence-corrected chi connectivity index (χ4v) is 5.21. The van der Waals surface area contributed by atoms with Crippen molar-refractivity contribution < 1.29 is 22.7 Å². The summed E-state index contributed by atoms with van der Waals surface area (Å²) in [6.45, 7) is -3.15. The summed E-state index contributed by atoms with van der Waals surface area (Å²) < 4.78 is 92.3. The number of aromatic nitrogens is 2. The van der Waals surface area contributed by atoms with Gasteiger partial charge in [-0.2, -0.15) is 0 Å². The lowest BCUT2D eigenvalue weighted by Crippen LogP contribution is -2.32. The summed E-state index contributed by atoms with van der Waals surface area (Å²) in [7, 11) is 1.74. The molecule has 3 aromatic heterocycles. The number of hydrogen-bond acceptors (Lipinski definition) is 2. The van der Waals surface area contributed by atoms with Gasteiger partial charge in [0.1, 0.15) is 18.2 Å². The highest BCUT2D eigenvalue weighted by Crippen LogP contribution is 2.51. The largest absolute Gasteiger partial charge is 0.454 e. The van der Waals surface area contributed by atoms with Crippen molar-refractivity contribution in [2.45, 2.75) is 52.6 Å². The molecule has 34 heavy (non-hydrogen) atoms. The molecule has 0 saturated heterocycles. The number of fused-ring (bicyclic) bond motifs is 7. The summed E-state index contributed by atoms with van der Waals surface area (Å²) in [5, 5.41) is 1.27. The van der Waals surface area contributed by atoms with Crippen molar-refractivity contribution in [1.29, 1.82) is 0 Å². The van der Waals surface area contributed by atoms with Crippen LogP contribution in [-0.2, 0) is 12.5 Å². The first-order chi connectivity index (χ1) is 20.2. The molecule has 3 heterocycles. The van der Waals surface area contributed by atoms with Crippen molar-refractivity contribution >= 4 is 21.9 Å². The molecule has 170 valence electrons. The van der Waals surface area contributed by atoms with Crippen LogP contribution in [0.5, 0.6) is 0 Å². The molecule has 3 nitrogen and oxygen atoms in total. The van der Waals surface area contributed by atoms with Gasteiger partial charge in [-0.25, -0.2) is 4.57 Å². The second kappa shape index (κ2) is 7.02. The first-order valence-corrected chi connectivity index (χ1v) is 11.2. The lowest BCUT2D eigenvalue weighted by atomic mass is 9.85. The lowest BCUT2D eigenvalue weighted by molar-refractivity contribution is -0.660. The van der Waals surface area contributed by atoms with Gasteiger partial charge in [0.25, 0.3) is 0 Å². The molecule has 6 rings (SSSR count). The van der Waals surface area contributed by atoms with Gasteiger partial charge in [-0.05, 0) is 41.9 Å². The molecule has 0 saturated carbocycles. The predicted molar refractivity (Wildman–Crippen MR) is 139 cm³/mol. The Labute approximate surface area is 215 Å². The Morgan fingerprint density at radius 1 is 1.03 bits per heavy atom. The molecular formula is C31H31N2O+. The predicted octanol–water partition coefficient (Wildman–Crippen LogP) is 7.52. The maximum absolute atomic E-state index is 8.74. The first-order valence-electron chi connectivity index (χ1n) is 16.2. The number of aryl methyl sites for hydroxylation is 3. The molecule has 0 radical (unpaired) electrons. The van der Waals surface area contributed by atoms with E-state index in [1.165, 1.54) is 18.5 Å². The van der Waals surface area contributed by atoms with Crippen LogP contribution in [-0.4, -0.2) is 4.98 Å². The van der Waals surface area contributed by atoms with E-state index in [1.807, 2.05) is 19.1 Å². The van der Waals surface area contributed by atoms with Crippen molar-refractivity contribution in [3.8, 4) is 22.4 Å². The van der Waals surface area contributed by atoms with E-state index in [0.29, 0.717) is 49.9 Å². The number of furan rings is 1. The molecule has 0 bridgehead atoms. The summed E-state index contributed by atoms with van der Waals surface area (Å²) in [5.74, 6) is -1.22. The smallest absolute Gasteiger partial charge is 0.216 e. The maximum atomic E-state index is 8.74. The molecule has 0 unspecified atom stereocenters. The van der Waals surface area contributed by atoms with Crippen LogP contribution in [0.1, 0.15) is 75.1 Å². The molecule has 0 N–H and O–H groups in total. The van der Waals surface area contributed by atoms with Crippen LogP contribution >= 0.6 is 0 Å². The molecule has 2 aromatic carbocycles. The molecule has 1 aliphatic rings. The van der Waals surface area contributed by atoms with Crippen LogP contribution in [0.3, 0.4) is 0 Å². The van der Waals surface area contributed by atoms with E-state index >= 15 is 0 Å². The normalized spacial score (nSPS) is 20.0. The number of pyridine rings is 2. The van der Waals surface area contributed by atoms with Gasteiger partial charge in [0.05, 0.1) is 11.3 Å². The van der Waals surface area contributed by atoms with Gasteiger partial charge in [0.15, 0.2) is 6.20 Å². The fourth-order valence-electron chi connectivity index (χ4n) is 5.21. The van der Waals surface area contributed by atoms with E-state index in [0.717, 1.165) is 5.56 Å². The topological polar surface area (TPSA) is 29.9 Å². The maximum Gasteiger partial charge on any atom is 0.216 e. The van der Waals surface area contributed by atoms with E-state index in [9.17, 15) is 0 Å². The Bertz CT molecular complexity index is 1980. The second-order valence-electron chi connectivity index (χ2n) is 9.35. The van der Waals surface area contributed by atoms with Crippen molar-refractivity contribution in [2.24, 2.45) is 7.05 Å². The van der Waals surface area contributed by atoms with Gasteiger partial charge in [-0.3, -0.25) is 4.98 Å². The zero-order valence-corrected chi connectivity index (χ0v) is 19.5. The monoisotopic (exact) mass is 457 g/mol. The third kappa shape index (κ3) is 2.70. The van der Waals surface area contributed by atoms with E-state index in [-0.39, 0.29) is 16.8 Å². The third-order valence-corrected chi connectivity index (χ3v) is 6.92. The van der Waals surface area contributed by atoms with Gasteiger partial charge < -0.3 is 4.42 Å². The van der Waals surface area contributed by atoms with E-state index < -0.39 is 31.9 Å². The molecule has 1 aliphatic carbocycles. The van der Waals surface area contributed by atoms with Crippen molar-refractivity contribution in [3.63, 3.8) is 0 Å². The standard InChI is InChI=1S/C31H31N2O/c1-17(2)22-14-25(33(7)16-19(22)4)26-18(3)12-13-20-23-15-32-30-27(29(23)34-28(20)26)21-10-8-9-11-24(21)31(30,5)6/h8-17H,1-7H3/q+1/i4D3,5D3,6D3,17D. The minimum atomic E-state index is -2.95. The Balaban J connectivity index is 1.74. The van der Waals surface area contributed by atoms with Gasteiger partial charge >= 0.3 is 0 Å². The molecule has 3 heteroatoms. The lowest BCUT2D eigenvalue weighted by Gasteiger charge is -2.19. The highest BCUT2D eigenvalue weighted by molar-refractivity contribution is 6.14. The third-order valence-electron chi connectivity index (χ3n) is 6.92. The van der Waals surface area contributed by atoms with Gasteiger partial charge in [-0.15, -0.1) is 0 Å². The summed E-state index contributed by atoms with van der Waals surface area (Å²) in [6.07, 6.45) is 3.01. The SMILES string of the molecule is [2H]C([2H])([2H])c1c[n+](C)c(-c2c(C)ccc3c2oc2c4c(ncc23)C(C([2H])([2H])[2H])(C([2H])([2H])[2H])c2ccccc2-4)cc1C([2H])(C)C. The quantitative estimate of drug-likeness (QED) is 0.257. The van der Waals surface area contributed by atoms with E-state index in [4.69, 9.17) is 18.1 Å². The van der Waals surface area contributed by atoms with Crippen LogP contribution in [0, 0.1) is 13.8 Å². The number of hydrogen-bond donors (Lipinski definition) is 0. The minimum Gasteiger partial charge on any atom is -0.454 e. The molecular weight excluding hydrogens is 416 g/mol. The Hall–Kier alpha value is -3.46. The molecule has 5 aromatic rings. The highest BCUT2D eigenvalue weighted by atomic mass is 16.3. The summed E-state index contributed by atoms with van der Waals surface area (Å²) in [4.78, 5) is 4.57. The summed E-state index contributed by atoms with van der Waals surface area (Å²) >= 11 is 0. The first kappa shape index (κ1) is 12.9. The Morgan fingerprint density at radius 2 is 1.82 bits per heavy atom. The zero-order valence-electron chi connectivity index (χ0n) is 29.5. The van der Waals surface area contributed by atoms with Crippen molar-refractivity contribution in [1.82, 2.24) is 4.98 Å². The van der Waals surface area contributed by atoms with Crippen LogP contribution in [0.4, 0.5) is 0 Å². The van der Waals surface area contributed by atoms with E-state index in [2.05, 4.69) is 4.98 Å². The average molecular weight is 458 g/mol. The number of rotatable bonds is 2. The zero-order chi connectivity index (χ0) is 32.4. The Kier molecular flexibility index (Phi) is 2.65. The van der Waals surface area contributed by atoms with Crippen LogP contribution < -0.4 is 4.57 Å².